The lowest BCUT2D eigenvalue weighted by Gasteiger charge is -2.23. The summed E-state index contributed by atoms with van der Waals surface area (Å²) in [6.45, 7) is 11.8. The Hall–Kier alpha value is -1.49. The van der Waals surface area contributed by atoms with E-state index in [0.29, 0.717) is 23.2 Å². The van der Waals surface area contributed by atoms with Gasteiger partial charge in [-0.2, -0.15) is 0 Å². The Balaban J connectivity index is 1.59. The van der Waals surface area contributed by atoms with E-state index in [1.807, 2.05) is 11.8 Å². The van der Waals surface area contributed by atoms with Crippen LogP contribution in [0.3, 0.4) is 0 Å². The van der Waals surface area contributed by atoms with Crippen molar-refractivity contribution in [1.82, 2.24) is 19.8 Å². The maximum atomic E-state index is 12.6. The van der Waals surface area contributed by atoms with Crippen LogP contribution in [-0.2, 0) is 0 Å². The van der Waals surface area contributed by atoms with Gasteiger partial charge in [-0.3, -0.25) is 4.79 Å². The highest BCUT2D eigenvalue weighted by Crippen LogP contribution is 2.32. The second kappa shape index (κ2) is 6.95. The normalized spacial score (nSPS) is 25.5. The molecule has 0 N–H and O–H groups in total. The summed E-state index contributed by atoms with van der Waals surface area (Å²) in [4.78, 5) is 25.5. The van der Waals surface area contributed by atoms with E-state index in [0.717, 1.165) is 19.0 Å². The Labute approximate surface area is 139 Å². The van der Waals surface area contributed by atoms with Gasteiger partial charge in [0.15, 0.2) is 0 Å². The van der Waals surface area contributed by atoms with Crippen LogP contribution >= 0.6 is 0 Å². The summed E-state index contributed by atoms with van der Waals surface area (Å²) in [6, 6.07) is 0. The average Bonchev–Trinajstić information content (AvgIpc) is 2.84. The molecule has 23 heavy (non-hydrogen) atoms. The molecule has 0 aromatic carbocycles. The summed E-state index contributed by atoms with van der Waals surface area (Å²) in [5.74, 6) is 2.84. The smallest absolute Gasteiger partial charge is 0.257 e. The lowest BCUT2D eigenvalue weighted by atomic mass is 9.92. The van der Waals surface area contributed by atoms with Gasteiger partial charge in [0.05, 0.1) is 5.56 Å². The molecule has 0 radical (unpaired) electrons. The number of nitrogens with zero attached hydrogens (tertiary/aromatic N) is 4. The van der Waals surface area contributed by atoms with Gasteiger partial charge in [-0.15, -0.1) is 0 Å². The molecule has 2 aliphatic heterocycles. The molecule has 5 heteroatoms. The lowest BCUT2D eigenvalue weighted by Crippen LogP contribution is -2.32. The largest absolute Gasteiger partial charge is 0.338 e. The minimum absolute atomic E-state index is 0.0945. The predicted octanol–water partition coefficient (Wildman–Crippen LogP) is 2.23. The number of hydrogen-bond acceptors (Lipinski definition) is 4. The van der Waals surface area contributed by atoms with Gasteiger partial charge < -0.3 is 9.80 Å². The van der Waals surface area contributed by atoms with Crippen molar-refractivity contribution in [2.45, 2.75) is 33.6 Å². The number of rotatable bonds is 3. The van der Waals surface area contributed by atoms with Crippen LogP contribution in [0, 0.1) is 24.7 Å². The third kappa shape index (κ3) is 3.89. The highest BCUT2D eigenvalue weighted by molar-refractivity contribution is 5.93. The maximum absolute atomic E-state index is 12.6. The van der Waals surface area contributed by atoms with Crippen molar-refractivity contribution in [3.63, 3.8) is 0 Å². The third-order valence-electron chi connectivity index (χ3n) is 5.15. The first kappa shape index (κ1) is 16.4. The summed E-state index contributed by atoms with van der Waals surface area (Å²) < 4.78 is 0. The van der Waals surface area contributed by atoms with Crippen LogP contribution in [0.2, 0.25) is 0 Å². The molecule has 0 spiro atoms. The van der Waals surface area contributed by atoms with E-state index in [1.54, 1.807) is 12.4 Å². The summed E-state index contributed by atoms with van der Waals surface area (Å²) in [6.07, 6.45) is 5.74. The number of hydrogen-bond donors (Lipinski definition) is 0. The van der Waals surface area contributed by atoms with Crippen molar-refractivity contribution < 1.29 is 4.79 Å². The van der Waals surface area contributed by atoms with Crippen molar-refractivity contribution >= 4 is 5.91 Å². The molecule has 2 atom stereocenters. The molecular formula is C18H28N4O. The third-order valence-corrected chi connectivity index (χ3v) is 5.15. The number of fused-ring (bicyclic) bond motifs is 1. The fraction of sp³-hybridized carbons (Fsp3) is 0.722. The zero-order chi connectivity index (χ0) is 16.4. The van der Waals surface area contributed by atoms with E-state index in [4.69, 9.17) is 0 Å². The summed E-state index contributed by atoms with van der Waals surface area (Å²) in [7, 11) is 0. The molecule has 0 unspecified atom stereocenters. The average molecular weight is 316 g/mol. The second-order valence-electron chi connectivity index (χ2n) is 7.52. The molecule has 1 aromatic rings. The van der Waals surface area contributed by atoms with E-state index in [2.05, 4.69) is 28.7 Å². The predicted molar refractivity (Wildman–Crippen MR) is 90.2 cm³/mol. The summed E-state index contributed by atoms with van der Waals surface area (Å²) in [5, 5.41) is 0. The van der Waals surface area contributed by atoms with Gasteiger partial charge in [0.2, 0.25) is 0 Å². The molecule has 3 rings (SSSR count). The lowest BCUT2D eigenvalue weighted by molar-refractivity contribution is 0.0779. The number of carbonyl (C=O) groups excluding carboxylic acids is 1. The zero-order valence-corrected chi connectivity index (χ0v) is 14.5. The fourth-order valence-corrected chi connectivity index (χ4v) is 3.95. The highest BCUT2D eigenvalue weighted by Gasteiger charge is 2.37. The van der Waals surface area contributed by atoms with Gasteiger partial charge in [-0.25, -0.2) is 9.97 Å². The number of likely N-dealkylation sites (tertiary alicyclic amines) is 2. The van der Waals surface area contributed by atoms with Crippen molar-refractivity contribution in [3.8, 4) is 0 Å². The van der Waals surface area contributed by atoms with Crippen LogP contribution < -0.4 is 0 Å². The first-order valence-corrected chi connectivity index (χ1v) is 8.83. The van der Waals surface area contributed by atoms with Gasteiger partial charge in [0, 0.05) is 32.0 Å². The van der Waals surface area contributed by atoms with E-state index < -0.39 is 0 Å². The first-order chi connectivity index (χ1) is 11.0. The van der Waals surface area contributed by atoms with Gasteiger partial charge >= 0.3 is 0 Å². The second-order valence-corrected chi connectivity index (χ2v) is 7.52. The molecule has 126 valence electrons. The highest BCUT2D eigenvalue weighted by atomic mass is 16.2. The van der Waals surface area contributed by atoms with E-state index in [-0.39, 0.29) is 5.91 Å². The molecule has 2 saturated heterocycles. The van der Waals surface area contributed by atoms with Crippen LogP contribution in [0.25, 0.3) is 0 Å². The molecule has 0 aliphatic carbocycles. The monoisotopic (exact) mass is 316 g/mol. The summed E-state index contributed by atoms with van der Waals surface area (Å²) in [5.41, 5.74) is 0.619. The van der Waals surface area contributed by atoms with Gasteiger partial charge in [-0.1, -0.05) is 13.8 Å². The minimum atomic E-state index is 0.0945. The Morgan fingerprint density at radius 3 is 2.26 bits per heavy atom. The first-order valence-electron chi connectivity index (χ1n) is 8.83. The topological polar surface area (TPSA) is 49.3 Å². The molecule has 1 aromatic heterocycles. The van der Waals surface area contributed by atoms with Crippen molar-refractivity contribution in [1.29, 1.82) is 0 Å². The number of aromatic nitrogens is 2. The number of carbonyl (C=O) groups is 1. The number of amides is 1. The Morgan fingerprint density at radius 1 is 1.17 bits per heavy atom. The van der Waals surface area contributed by atoms with Crippen molar-refractivity contribution in [3.05, 3.63) is 23.8 Å². The Morgan fingerprint density at radius 2 is 1.74 bits per heavy atom. The van der Waals surface area contributed by atoms with Crippen molar-refractivity contribution in [2.75, 3.05) is 32.7 Å². The molecule has 2 aliphatic rings. The molecule has 3 heterocycles. The van der Waals surface area contributed by atoms with Crippen LogP contribution in [-0.4, -0.2) is 58.4 Å². The Kier molecular flexibility index (Phi) is 4.95. The Bertz CT molecular complexity index is 526. The van der Waals surface area contributed by atoms with E-state index >= 15 is 0 Å². The van der Waals surface area contributed by atoms with E-state index in [1.165, 1.54) is 32.5 Å². The van der Waals surface area contributed by atoms with Crippen molar-refractivity contribution in [2.24, 2.45) is 17.8 Å². The van der Waals surface area contributed by atoms with Gasteiger partial charge in [0.25, 0.3) is 5.91 Å². The number of aryl methyl sites for hydroxylation is 1. The molecular weight excluding hydrogens is 288 g/mol. The van der Waals surface area contributed by atoms with Crippen LogP contribution in [0.5, 0.6) is 0 Å². The SMILES string of the molecule is Cc1ncc(C(=O)N2C[C@H]3CCN(CC(C)C)CC[C@H]3C2)cn1. The molecule has 0 saturated carbocycles. The standard InChI is InChI=1S/C18H28N4O/c1-13(2)10-21-6-4-15-11-22(12-16(15)5-7-21)18(23)17-8-19-14(3)20-9-17/h8-9,13,15-16H,4-7,10-12H2,1-3H3/t15-,16+. The fourth-order valence-electron chi connectivity index (χ4n) is 3.95. The molecule has 1 amide bonds. The van der Waals surface area contributed by atoms with Crippen LogP contribution in [0.1, 0.15) is 42.9 Å². The minimum Gasteiger partial charge on any atom is -0.338 e. The molecule has 0 bridgehead atoms. The van der Waals surface area contributed by atoms with Gasteiger partial charge in [0.1, 0.15) is 5.82 Å². The molecule has 2 fully saturated rings. The maximum Gasteiger partial charge on any atom is 0.257 e. The summed E-state index contributed by atoms with van der Waals surface area (Å²) >= 11 is 0. The molecule has 5 nitrogen and oxygen atoms in total. The van der Waals surface area contributed by atoms with Crippen LogP contribution in [0.15, 0.2) is 12.4 Å². The van der Waals surface area contributed by atoms with Crippen LogP contribution in [0.4, 0.5) is 0 Å². The zero-order valence-electron chi connectivity index (χ0n) is 14.5. The van der Waals surface area contributed by atoms with E-state index in [9.17, 15) is 4.79 Å². The van der Waals surface area contributed by atoms with Gasteiger partial charge in [-0.05, 0) is 50.6 Å². The quantitative estimate of drug-likeness (QED) is 0.858.